The van der Waals surface area contributed by atoms with Crippen molar-refractivity contribution in [2.45, 2.75) is 18.9 Å². The predicted octanol–water partition coefficient (Wildman–Crippen LogP) is 6.11. The lowest BCUT2D eigenvalue weighted by Crippen LogP contribution is -2.34. The van der Waals surface area contributed by atoms with Gasteiger partial charge in [0.25, 0.3) is 0 Å². The molecule has 7 rings (SSSR count). The van der Waals surface area contributed by atoms with Crippen LogP contribution in [0.15, 0.2) is 79.3 Å². The number of hydrogen-bond donors (Lipinski definition) is 3. The number of aromatic nitrogens is 5. The molecule has 0 saturated carbocycles. The fraction of sp³-hybridized carbons (Fsp3) is 0.167. The molecule has 1 aliphatic heterocycles. The molecule has 38 heavy (non-hydrogen) atoms. The summed E-state index contributed by atoms with van der Waals surface area (Å²) in [4.78, 5) is 12.5. The number of rotatable bonds is 5. The van der Waals surface area contributed by atoms with Gasteiger partial charge in [-0.05, 0) is 86.1 Å². The van der Waals surface area contributed by atoms with Gasteiger partial charge >= 0.3 is 0 Å². The van der Waals surface area contributed by atoms with Crippen molar-refractivity contribution < 1.29 is 9.13 Å². The molecule has 188 valence electrons. The smallest absolute Gasteiger partial charge is 0.138 e. The summed E-state index contributed by atoms with van der Waals surface area (Å²) >= 11 is 0. The van der Waals surface area contributed by atoms with Crippen molar-refractivity contribution in [1.29, 1.82) is 0 Å². The lowest BCUT2D eigenvalue weighted by molar-refractivity contribution is 0.162. The summed E-state index contributed by atoms with van der Waals surface area (Å²) in [6.07, 6.45) is 7.61. The van der Waals surface area contributed by atoms with E-state index in [4.69, 9.17) is 4.74 Å². The van der Waals surface area contributed by atoms with Gasteiger partial charge in [0.1, 0.15) is 23.4 Å². The molecule has 7 nitrogen and oxygen atoms in total. The van der Waals surface area contributed by atoms with Crippen LogP contribution in [0.1, 0.15) is 12.8 Å². The summed E-state index contributed by atoms with van der Waals surface area (Å²) in [6.45, 7) is 1.96. The number of halogens is 1. The van der Waals surface area contributed by atoms with Gasteiger partial charge in [0, 0.05) is 39.8 Å². The second-order valence-corrected chi connectivity index (χ2v) is 9.62. The number of ether oxygens (including phenoxy) is 1. The molecule has 6 aromatic rings. The van der Waals surface area contributed by atoms with E-state index in [1.807, 2.05) is 18.3 Å². The Morgan fingerprint density at radius 2 is 1.61 bits per heavy atom. The van der Waals surface area contributed by atoms with E-state index < -0.39 is 0 Å². The number of H-pyrrole nitrogens is 2. The first kappa shape index (κ1) is 22.6. The van der Waals surface area contributed by atoms with Crippen LogP contribution in [-0.4, -0.2) is 44.3 Å². The Balaban J connectivity index is 1.25. The Bertz CT molecular complexity index is 1750. The minimum atomic E-state index is -0.270. The van der Waals surface area contributed by atoms with E-state index in [0.29, 0.717) is 0 Å². The van der Waals surface area contributed by atoms with Crippen LogP contribution in [0.5, 0.6) is 5.75 Å². The highest BCUT2D eigenvalue weighted by Crippen LogP contribution is 2.35. The molecule has 1 saturated heterocycles. The number of nitrogens with one attached hydrogen (secondary N) is 3. The van der Waals surface area contributed by atoms with Crippen molar-refractivity contribution >= 4 is 21.8 Å². The average Bonchev–Trinajstić information content (AvgIpc) is 3.58. The Kier molecular flexibility index (Phi) is 5.59. The van der Waals surface area contributed by atoms with Gasteiger partial charge in [0.2, 0.25) is 0 Å². The number of nitrogens with zero attached hydrogens (tertiary/aromatic N) is 3. The maximum Gasteiger partial charge on any atom is 0.138 e. The Hall–Kier alpha value is -4.56. The van der Waals surface area contributed by atoms with E-state index in [1.165, 1.54) is 12.1 Å². The van der Waals surface area contributed by atoms with Gasteiger partial charge in [-0.3, -0.25) is 15.1 Å². The van der Waals surface area contributed by atoms with E-state index in [2.05, 4.69) is 54.7 Å². The number of pyridine rings is 2. The Morgan fingerprint density at radius 1 is 0.789 bits per heavy atom. The normalized spacial score (nSPS) is 14.3. The third-order valence-electron chi connectivity index (χ3n) is 7.12. The molecule has 0 unspecified atom stereocenters. The topological polar surface area (TPSA) is 91.5 Å². The van der Waals surface area contributed by atoms with Crippen LogP contribution in [0.4, 0.5) is 4.39 Å². The summed E-state index contributed by atoms with van der Waals surface area (Å²) in [5.74, 6) is 0.520. The van der Waals surface area contributed by atoms with Gasteiger partial charge < -0.3 is 15.0 Å². The zero-order valence-corrected chi connectivity index (χ0v) is 20.5. The monoisotopic (exact) mass is 504 g/mol. The summed E-state index contributed by atoms with van der Waals surface area (Å²) in [7, 11) is 0. The number of benzene rings is 2. The zero-order valence-electron chi connectivity index (χ0n) is 20.5. The van der Waals surface area contributed by atoms with Crippen LogP contribution in [0.25, 0.3) is 55.6 Å². The van der Waals surface area contributed by atoms with Crippen molar-refractivity contribution in [2.75, 3.05) is 13.1 Å². The zero-order chi connectivity index (χ0) is 25.5. The molecule has 0 aliphatic carbocycles. The fourth-order valence-corrected chi connectivity index (χ4v) is 5.16. The first-order valence-corrected chi connectivity index (χ1v) is 12.8. The molecule has 0 atom stereocenters. The molecule has 0 radical (unpaired) electrons. The molecule has 0 spiro atoms. The summed E-state index contributed by atoms with van der Waals surface area (Å²) in [5.41, 5.74) is 7.25. The lowest BCUT2D eigenvalue weighted by atomic mass is 10.0. The summed E-state index contributed by atoms with van der Waals surface area (Å²) in [5, 5.41) is 13.1. The number of aromatic amines is 2. The standard InChI is InChI=1S/C30H25FN6O/c31-21-4-1-18(2-5-21)29-25-15-28(35-26(25)9-12-34-29)30-24-14-19(3-6-27(24)36-37-30)20-13-23(17-33-16-20)38-22-7-10-32-11-8-22/h1-6,9,12-17,22,32,35H,7-8,10-11H2,(H,36,37). The second-order valence-electron chi connectivity index (χ2n) is 9.62. The third-order valence-corrected chi connectivity index (χ3v) is 7.12. The van der Waals surface area contributed by atoms with Crippen molar-refractivity contribution in [3.63, 3.8) is 0 Å². The van der Waals surface area contributed by atoms with E-state index >= 15 is 0 Å². The minimum Gasteiger partial charge on any atom is -0.489 e. The minimum absolute atomic E-state index is 0.215. The number of fused-ring (bicyclic) bond motifs is 2. The first-order valence-electron chi connectivity index (χ1n) is 12.8. The molecule has 1 aliphatic rings. The third kappa shape index (κ3) is 4.18. The molecule has 1 fully saturated rings. The van der Waals surface area contributed by atoms with Crippen molar-refractivity contribution in [1.82, 2.24) is 30.5 Å². The van der Waals surface area contributed by atoms with Gasteiger partial charge in [-0.15, -0.1) is 0 Å². The van der Waals surface area contributed by atoms with E-state index in [0.717, 1.165) is 87.3 Å². The average molecular weight is 505 g/mol. The highest BCUT2D eigenvalue weighted by atomic mass is 19.1. The molecular formula is C30H25FN6O. The quantitative estimate of drug-likeness (QED) is 0.264. The van der Waals surface area contributed by atoms with Crippen molar-refractivity contribution in [3.8, 4) is 39.5 Å². The van der Waals surface area contributed by atoms with Crippen LogP contribution >= 0.6 is 0 Å². The van der Waals surface area contributed by atoms with Gasteiger partial charge in [0.15, 0.2) is 0 Å². The molecule has 0 amide bonds. The number of piperidine rings is 1. The molecule has 4 aromatic heterocycles. The van der Waals surface area contributed by atoms with Crippen molar-refractivity contribution in [3.05, 3.63) is 85.1 Å². The molecule has 3 N–H and O–H groups in total. The maximum atomic E-state index is 13.5. The van der Waals surface area contributed by atoms with Crippen LogP contribution in [-0.2, 0) is 0 Å². The molecular weight excluding hydrogens is 479 g/mol. The van der Waals surface area contributed by atoms with Crippen LogP contribution in [0.3, 0.4) is 0 Å². The molecule has 0 bridgehead atoms. The Morgan fingerprint density at radius 3 is 2.47 bits per heavy atom. The van der Waals surface area contributed by atoms with Gasteiger partial charge in [-0.2, -0.15) is 5.10 Å². The van der Waals surface area contributed by atoms with E-state index in [1.54, 1.807) is 24.5 Å². The number of hydrogen-bond acceptors (Lipinski definition) is 5. The SMILES string of the molecule is Fc1ccc(-c2nccc3[nH]c(-c4n[nH]c5ccc(-c6cncc(OC7CCNCC7)c6)cc45)cc23)cc1. The first-order chi connectivity index (χ1) is 18.7. The largest absolute Gasteiger partial charge is 0.489 e. The van der Waals surface area contributed by atoms with Crippen LogP contribution in [0.2, 0.25) is 0 Å². The summed E-state index contributed by atoms with van der Waals surface area (Å²) < 4.78 is 19.7. The second kappa shape index (κ2) is 9.39. The lowest BCUT2D eigenvalue weighted by Gasteiger charge is -2.23. The van der Waals surface area contributed by atoms with Crippen molar-refractivity contribution in [2.24, 2.45) is 0 Å². The Labute approximate surface area is 218 Å². The highest BCUT2D eigenvalue weighted by molar-refractivity contribution is 6.00. The molecule has 5 heterocycles. The van der Waals surface area contributed by atoms with Crippen LogP contribution in [0, 0.1) is 5.82 Å². The van der Waals surface area contributed by atoms with Crippen LogP contribution < -0.4 is 10.1 Å². The predicted molar refractivity (Wildman–Crippen MR) is 146 cm³/mol. The summed E-state index contributed by atoms with van der Waals surface area (Å²) in [6, 6.07) is 18.7. The van der Waals surface area contributed by atoms with Gasteiger partial charge in [0.05, 0.1) is 23.1 Å². The highest BCUT2D eigenvalue weighted by Gasteiger charge is 2.17. The van der Waals surface area contributed by atoms with Gasteiger partial charge in [-0.1, -0.05) is 6.07 Å². The van der Waals surface area contributed by atoms with E-state index in [-0.39, 0.29) is 11.9 Å². The van der Waals surface area contributed by atoms with E-state index in [9.17, 15) is 4.39 Å². The van der Waals surface area contributed by atoms with Gasteiger partial charge in [-0.25, -0.2) is 4.39 Å². The maximum absolute atomic E-state index is 13.5. The molecule has 2 aromatic carbocycles. The fourth-order valence-electron chi connectivity index (χ4n) is 5.16. The molecule has 8 heteroatoms.